The van der Waals surface area contributed by atoms with Gasteiger partial charge in [0.05, 0.1) is 12.1 Å². The predicted octanol–water partition coefficient (Wildman–Crippen LogP) is 1.36. The summed E-state index contributed by atoms with van der Waals surface area (Å²) in [6, 6.07) is 4.61. The van der Waals surface area contributed by atoms with Crippen LogP contribution in [0.2, 0.25) is 0 Å². The number of carbonyl (C=O) groups is 2. The van der Waals surface area contributed by atoms with Crippen LogP contribution in [0.3, 0.4) is 0 Å². The number of hydrogen-bond donors (Lipinski definition) is 2. The number of phenolic OH excluding ortho intramolecular Hbond substituents is 1. The highest BCUT2D eigenvalue weighted by atomic mass is 79.9. The molecule has 1 aromatic rings. The number of aromatic hydroxyl groups is 1. The van der Waals surface area contributed by atoms with Crippen molar-refractivity contribution in [3.63, 3.8) is 0 Å². The van der Waals surface area contributed by atoms with Gasteiger partial charge in [0.2, 0.25) is 5.91 Å². The maximum absolute atomic E-state index is 12.0. The van der Waals surface area contributed by atoms with Crippen molar-refractivity contribution in [3.05, 3.63) is 28.2 Å². The molecule has 5 nitrogen and oxygen atoms in total. The average molecular weight is 315 g/mol. The van der Waals surface area contributed by atoms with E-state index in [0.29, 0.717) is 11.0 Å². The van der Waals surface area contributed by atoms with Crippen molar-refractivity contribution in [2.24, 2.45) is 0 Å². The molecule has 0 fully saturated rings. The monoisotopic (exact) mass is 314 g/mol. The highest BCUT2D eigenvalue weighted by Gasteiger charge is 2.17. The van der Waals surface area contributed by atoms with Gasteiger partial charge in [-0.05, 0) is 25.1 Å². The van der Waals surface area contributed by atoms with Gasteiger partial charge < -0.3 is 15.3 Å². The lowest BCUT2D eigenvalue weighted by atomic mass is 10.2. The Kier molecular flexibility index (Phi) is 5.15. The molecule has 0 atom stereocenters. The molecule has 0 heterocycles. The molecule has 18 heavy (non-hydrogen) atoms. The normalized spacial score (nSPS) is 9.94. The summed E-state index contributed by atoms with van der Waals surface area (Å²) in [6.07, 6.45) is 0. The van der Waals surface area contributed by atoms with Gasteiger partial charge in [0, 0.05) is 18.1 Å². The van der Waals surface area contributed by atoms with Crippen molar-refractivity contribution in [2.75, 3.05) is 20.1 Å². The molecule has 0 aliphatic heterocycles. The molecule has 2 amide bonds. The van der Waals surface area contributed by atoms with E-state index < -0.39 is 5.91 Å². The van der Waals surface area contributed by atoms with Gasteiger partial charge in [0.15, 0.2) is 0 Å². The van der Waals surface area contributed by atoms with Gasteiger partial charge in [-0.3, -0.25) is 9.59 Å². The number of carbonyl (C=O) groups excluding carboxylic acids is 2. The van der Waals surface area contributed by atoms with Crippen molar-refractivity contribution < 1.29 is 14.7 Å². The van der Waals surface area contributed by atoms with Crippen molar-refractivity contribution in [1.29, 1.82) is 0 Å². The standard InChI is InChI=1S/C12H15BrN2O3/c1-3-14-11(17)7-15(2)12(18)9-5-4-8(13)6-10(9)16/h4-6,16H,3,7H2,1-2H3,(H,14,17). The van der Waals surface area contributed by atoms with Crippen LogP contribution in [-0.2, 0) is 4.79 Å². The fraction of sp³-hybridized carbons (Fsp3) is 0.333. The molecular weight excluding hydrogens is 300 g/mol. The highest BCUT2D eigenvalue weighted by molar-refractivity contribution is 9.10. The van der Waals surface area contributed by atoms with Crippen LogP contribution < -0.4 is 5.32 Å². The zero-order valence-corrected chi connectivity index (χ0v) is 11.8. The van der Waals surface area contributed by atoms with Crippen molar-refractivity contribution >= 4 is 27.7 Å². The van der Waals surface area contributed by atoms with E-state index in [2.05, 4.69) is 21.2 Å². The molecule has 0 spiro atoms. The molecule has 0 aliphatic carbocycles. The Morgan fingerprint density at radius 3 is 2.67 bits per heavy atom. The first-order chi connectivity index (χ1) is 8.45. The molecule has 0 aromatic heterocycles. The van der Waals surface area contributed by atoms with Crippen LogP contribution in [0.4, 0.5) is 0 Å². The Bertz CT molecular complexity index is 463. The fourth-order valence-corrected chi connectivity index (χ4v) is 1.78. The number of phenols is 1. The maximum atomic E-state index is 12.0. The van der Waals surface area contributed by atoms with Gasteiger partial charge in [-0.2, -0.15) is 0 Å². The quantitative estimate of drug-likeness (QED) is 0.881. The van der Waals surface area contributed by atoms with Gasteiger partial charge in [-0.25, -0.2) is 0 Å². The summed E-state index contributed by atoms with van der Waals surface area (Å²) < 4.78 is 0.683. The number of benzene rings is 1. The van der Waals surface area contributed by atoms with E-state index in [9.17, 15) is 14.7 Å². The molecule has 0 aliphatic rings. The molecule has 6 heteroatoms. The van der Waals surface area contributed by atoms with Crippen LogP contribution in [0, 0.1) is 0 Å². The maximum Gasteiger partial charge on any atom is 0.257 e. The van der Waals surface area contributed by atoms with E-state index in [1.165, 1.54) is 24.1 Å². The number of nitrogens with zero attached hydrogens (tertiary/aromatic N) is 1. The summed E-state index contributed by atoms with van der Waals surface area (Å²) in [5.41, 5.74) is 0.171. The summed E-state index contributed by atoms with van der Waals surface area (Å²) >= 11 is 3.19. The second-order valence-corrected chi connectivity index (χ2v) is 4.69. The molecule has 0 saturated carbocycles. The van der Waals surface area contributed by atoms with Crippen LogP contribution in [0.25, 0.3) is 0 Å². The number of halogens is 1. The number of nitrogens with one attached hydrogen (secondary N) is 1. The number of rotatable bonds is 4. The Balaban J connectivity index is 2.77. The number of likely N-dealkylation sites (N-methyl/N-ethyl adjacent to an activating group) is 2. The van der Waals surface area contributed by atoms with Crippen molar-refractivity contribution in [2.45, 2.75) is 6.92 Å². The molecule has 1 aromatic carbocycles. The van der Waals surface area contributed by atoms with Gasteiger partial charge in [0.1, 0.15) is 5.75 Å². The minimum absolute atomic E-state index is 0.0395. The highest BCUT2D eigenvalue weighted by Crippen LogP contribution is 2.23. The lowest BCUT2D eigenvalue weighted by molar-refractivity contribution is -0.121. The Hall–Kier alpha value is -1.56. The largest absolute Gasteiger partial charge is 0.507 e. The molecule has 0 saturated heterocycles. The van der Waals surface area contributed by atoms with Crippen LogP contribution >= 0.6 is 15.9 Å². The SMILES string of the molecule is CCNC(=O)CN(C)C(=O)c1ccc(Br)cc1O. The predicted molar refractivity (Wildman–Crippen MR) is 71.5 cm³/mol. The molecular formula is C12H15BrN2O3. The summed E-state index contributed by atoms with van der Waals surface area (Å²) in [6.45, 7) is 2.28. The molecule has 0 bridgehead atoms. The zero-order chi connectivity index (χ0) is 13.7. The van der Waals surface area contributed by atoms with E-state index in [-0.39, 0.29) is 23.8 Å². The third kappa shape index (κ3) is 3.73. The fourth-order valence-electron chi connectivity index (χ4n) is 1.43. The molecule has 1 rings (SSSR count). The minimum Gasteiger partial charge on any atom is -0.507 e. The van der Waals surface area contributed by atoms with Crippen molar-refractivity contribution in [3.8, 4) is 5.75 Å². The second-order valence-electron chi connectivity index (χ2n) is 3.78. The second kappa shape index (κ2) is 6.39. The zero-order valence-electron chi connectivity index (χ0n) is 10.2. The van der Waals surface area contributed by atoms with Gasteiger partial charge in [-0.15, -0.1) is 0 Å². The van der Waals surface area contributed by atoms with Crippen LogP contribution in [0.1, 0.15) is 17.3 Å². The third-order valence-corrected chi connectivity index (χ3v) is 2.78. The molecule has 0 unspecified atom stereocenters. The summed E-state index contributed by atoms with van der Waals surface area (Å²) in [7, 11) is 1.51. The topological polar surface area (TPSA) is 69.6 Å². The molecule has 0 radical (unpaired) electrons. The van der Waals surface area contributed by atoms with Crippen LogP contribution in [0.15, 0.2) is 22.7 Å². The van der Waals surface area contributed by atoms with E-state index in [1.54, 1.807) is 13.0 Å². The van der Waals surface area contributed by atoms with Crippen molar-refractivity contribution in [1.82, 2.24) is 10.2 Å². The van der Waals surface area contributed by atoms with E-state index in [1.807, 2.05) is 0 Å². The Morgan fingerprint density at radius 2 is 2.11 bits per heavy atom. The van der Waals surface area contributed by atoms with Crippen LogP contribution in [-0.4, -0.2) is 42.0 Å². The molecule has 2 N–H and O–H groups in total. The van der Waals surface area contributed by atoms with Gasteiger partial charge >= 0.3 is 0 Å². The van der Waals surface area contributed by atoms with Crippen LogP contribution in [0.5, 0.6) is 5.75 Å². The van der Waals surface area contributed by atoms with E-state index in [4.69, 9.17) is 0 Å². The first-order valence-corrected chi connectivity index (χ1v) is 6.25. The van der Waals surface area contributed by atoms with E-state index in [0.717, 1.165) is 0 Å². The van der Waals surface area contributed by atoms with Gasteiger partial charge in [-0.1, -0.05) is 15.9 Å². The third-order valence-electron chi connectivity index (χ3n) is 2.29. The Labute approximate surface area is 114 Å². The first kappa shape index (κ1) is 14.5. The van der Waals surface area contributed by atoms with E-state index >= 15 is 0 Å². The lowest BCUT2D eigenvalue weighted by Gasteiger charge is -2.17. The van der Waals surface area contributed by atoms with Gasteiger partial charge in [0.25, 0.3) is 5.91 Å². The minimum atomic E-state index is -0.397. The summed E-state index contributed by atoms with van der Waals surface area (Å²) in [5, 5.41) is 12.3. The lowest BCUT2D eigenvalue weighted by Crippen LogP contribution is -2.38. The molecule has 98 valence electrons. The number of hydrogen-bond acceptors (Lipinski definition) is 3. The summed E-state index contributed by atoms with van der Waals surface area (Å²) in [5.74, 6) is -0.742. The summed E-state index contributed by atoms with van der Waals surface area (Å²) in [4.78, 5) is 24.6. The average Bonchev–Trinajstić information content (AvgIpc) is 2.28. The first-order valence-electron chi connectivity index (χ1n) is 5.46. The Morgan fingerprint density at radius 1 is 1.44 bits per heavy atom. The smallest absolute Gasteiger partial charge is 0.257 e. The number of amides is 2.